The van der Waals surface area contributed by atoms with Crippen LogP contribution in [-0.4, -0.2) is 43.5 Å². The van der Waals surface area contributed by atoms with Crippen LogP contribution in [0.1, 0.15) is 23.7 Å². The minimum Gasteiger partial charge on any atom is -0.493 e. The molecule has 1 unspecified atom stereocenters. The molecule has 0 bridgehead atoms. The lowest BCUT2D eigenvalue weighted by Crippen LogP contribution is -2.39. The number of rotatable bonds is 8. The fourth-order valence-electron chi connectivity index (χ4n) is 3.18. The Kier molecular flexibility index (Phi) is 7.72. The molecule has 1 aliphatic heterocycles. The first-order chi connectivity index (χ1) is 14.0. The highest BCUT2D eigenvalue weighted by atomic mass is 35.5. The Morgan fingerprint density at radius 1 is 1.31 bits per heavy atom. The molecule has 0 radical (unpaired) electrons. The quantitative estimate of drug-likeness (QED) is 0.560. The van der Waals surface area contributed by atoms with Crippen LogP contribution in [-0.2, 0) is 16.1 Å². The van der Waals surface area contributed by atoms with Crippen molar-refractivity contribution in [3.8, 4) is 11.5 Å². The number of methoxy groups -OCH3 is 1. The van der Waals surface area contributed by atoms with Crippen LogP contribution in [0.2, 0.25) is 5.02 Å². The Bertz CT molecular complexity index is 844. The number of nitrogens with zero attached hydrogens (tertiary/aromatic N) is 1. The van der Waals surface area contributed by atoms with E-state index in [4.69, 9.17) is 37.4 Å². The van der Waals surface area contributed by atoms with Crippen LogP contribution in [0.5, 0.6) is 11.5 Å². The van der Waals surface area contributed by atoms with Crippen molar-refractivity contribution in [1.29, 1.82) is 0 Å². The topological polar surface area (TPSA) is 48.0 Å². The van der Waals surface area contributed by atoms with E-state index in [1.54, 1.807) is 25.3 Å². The molecule has 29 heavy (non-hydrogen) atoms. The summed E-state index contributed by atoms with van der Waals surface area (Å²) in [6, 6.07) is 10.0. The van der Waals surface area contributed by atoms with E-state index in [1.807, 2.05) is 12.1 Å². The van der Waals surface area contributed by atoms with Crippen LogP contribution in [0.25, 0.3) is 0 Å². The van der Waals surface area contributed by atoms with Gasteiger partial charge < -0.3 is 14.2 Å². The SMILES string of the molecule is COc1cc(C2CN(CCC(=O)Cl)CCO2)ccc1OCc1c(F)cccc1Cl. The summed E-state index contributed by atoms with van der Waals surface area (Å²) >= 11 is 11.5. The zero-order valence-corrected chi connectivity index (χ0v) is 17.5. The molecule has 2 aromatic rings. The fraction of sp³-hybridized carbons (Fsp3) is 0.381. The first-order valence-corrected chi connectivity index (χ1v) is 9.99. The van der Waals surface area contributed by atoms with E-state index in [9.17, 15) is 9.18 Å². The third-order valence-electron chi connectivity index (χ3n) is 4.77. The average molecular weight is 442 g/mol. The highest BCUT2D eigenvalue weighted by molar-refractivity contribution is 6.63. The Labute approximate surface area is 179 Å². The van der Waals surface area contributed by atoms with Crippen molar-refractivity contribution >= 4 is 28.4 Å². The van der Waals surface area contributed by atoms with Crippen molar-refractivity contribution in [3.05, 3.63) is 58.4 Å². The summed E-state index contributed by atoms with van der Waals surface area (Å²) in [5.74, 6) is 0.585. The molecule has 1 heterocycles. The van der Waals surface area contributed by atoms with Gasteiger partial charge in [-0.15, -0.1) is 0 Å². The molecule has 2 aromatic carbocycles. The Balaban J connectivity index is 1.69. The normalized spacial score (nSPS) is 17.2. The summed E-state index contributed by atoms with van der Waals surface area (Å²) in [6.45, 7) is 2.56. The van der Waals surface area contributed by atoms with E-state index in [2.05, 4.69) is 4.90 Å². The van der Waals surface area contributed by atoms with Crippen molar-refractivity contribution in [2.24, 2.45) is 0 Å². The predicted molar refractivity (Wildman–Crippen MR) is 109 cm³/mol. The maximum atomic E-state index is 13.9. The number of halogens is 3. The molecular formula is C21H22Cl2FNO4. The number of morpholine rings is 1. The first-order valence-electron chi connectivity index (χ1n) is 9.24. The number of ether oxygens (including phenoxy) is 3. The zero-order chi connectivity index (χ0) is 20.8. The highest BCUT2D eigenvalue weighted by Crippen LogP contribution is 2.33. The second-order valence-electron chi connectivity index (χ2n) is 6.66. The van der Waals surface area contributed by atoms with Gasteiger partial charge in [0.2, 0.25) is 5.24 Å². The lowest BCUT2D eigenvalue weighted by atomic mass is 10.1. The lowest BCUT2D eigenvalue weighted by molar-refractivity contribution is -0.112. The summed E-state index contributed by atoms with van der Waals surface area (Å²) in [6.07, 6.45) is 0.154. The molecule has 1 aliphatic rings. The fourth-order valence-corrected chi connectivity index (χ4v) is 3.48. The Morgan fingerprint density at radius 2 is 2.14 bits per heavy atom. The molecule has 0 amide bonds. The van der Waals surface area contributed by atoms with Crippen molar-refractivity contribution in [2.75, 3.05) is 33.4 Å². The maximum absolute atomic E-state index is 13.9. The van der Waals surface area contributed by atoms with Crippen molar-refractivity contribution in [1.82, 2.24) is 4.90 Å². The number of carbonyl (C=O) groups excluding carboxylic acids is 1. The van der Waals surface area contributed by atoms with Crippen LogP contribution >= 0.6 is 23.2 Å². The summed E-state index contributed by atoms with van der Waals surface area (Å²) in [4.78, 5) is 13.2. The van der Waals surface area contributed by atoms with Crippen molar-refractivity contribution in [2.45, 2.75) is 19.1 Å². The van der Waals surface area contributed by atoms with Gasteiger partial charge in [-0.2, -0.15) is 0 Å². The molecule has 0 N–H and O–H groups in total. The number of carbonyl (C=O) groups is 1. The molecule has 3 rings (SSSR count). The molecule has 1 atom stereocenters. The molecule has 8 heteroatoms. The van der Waals surface area contributed by atoms with Gasteiger partial charge in [-0.25, -0.2) is 4.39 Å². The number of hydrogen-bond acceptors (Lipinski definition) is 5. The van der Waals surface area contributed by atoms with E-state index >= 15 is 0 Å². The summed E-state index contributed by atoms with van der Waals surface area (Å²) in [5, 5.41) is -0.0297. The van der Waals surface area contributed by atoms with Crippen LogP contribution in [0.3, 0.4) is 0 Å². The molecule has 5 nitrogen and oxygen atoms in total. The highest BCUT2D eigenvalue weighted by Gasteiger charge is 2.23. The monoisotopic (exact) mass is 441 g/mol. The minimum atomic E-state index is -0.417. The van der Waals surface area contributed by atoms with Gasteiger partial charge >= 0.3 is 0 Å². The van der Waals surface area contributed by atoms with Crippen LogP contribution < -0.4 is 9.47 Å². The van der Waals surface area contributed by atoms with Gasteiger partial charge in [0.05, 0.1) is 24.8 Å². The molecule has 1 saturated heterocycles. The average Bonchev–Trinajstić information content (AvgIpc) is 2.72. The van der Waals surface area contributed by atoms with E-state index in [-0.39, 0.29) is 18.0 Å². The van der Waals surface area contributed by atoms with Gasteiger partial charge in [-0.1, -0.05) is 23.7 Å². The van der Waals surface area contributed by atoms with Gasteiger partial charge in [0, 0.05) is 31.6 Å². The van der Waals surface area contributed by atoms with Gasteiger partial charge in [-0.05, 0) is 41.4 Å². The van der Waals surface area contributed by atoms with Crippen molar-refractivity contribution < 1.29 is 23.4 Å². The maximum Gasteiger partial charge on any atom is 0.222 e. The number of benzene rings is 2. The predicted octanol–water partition coefficient (Wildman–Crippen LogP) is 4.60. The summed E-state index contributed by atoms with van der Waals surface area (Å²) < 4.78 is 31.0. The molecule has 0 aromatic heterocycles. The van der Waals surface area contributed by atoms with E-state index < -0.39 is 5.82 Å². The van der Waals surface area contributed by atoms with Crippen LogP contribution in [0.4, 0.5) is 4.39 Å². The first kappa shape index (κ1) is 21.8. The summed E-state index contributed by atoms with van der Waals surface area (Å²) in [5.41, 5.74) is 1.22. The molecule has 0 saturated carbocycles. The van der Waals surface area contributed by atoms with Gasteiger partial charge in [0.25, 0.3) is 0 Å². The second-order valence-corrected chi connectivity index (χ2v) is 7.49. The third-order valence-corrected chi connectivity index (χ3v) is 5.31. The zero-order valence-electron chi connectivity index (χ0n) is 16.0. The van der Waals surface area contributed by atoms with Crippen LogP contribution in [0.15, 0.2) is 36.4 Å². The lowest BCUT2D eigenvalue weighted by Gasteiger charge is -2.33. The Morgan fingerprint density at radius 3 is 2.86 bits per heavy atom. The molecule has 0 spiro atoms. The molecule has 156 valence electrons. The second kappa shape index (κ2) is 10.3. The van der Waals surface area contributed by atoms with E-state index in [0.29, 0.717) is 48.2 Å². The third kappa shape index (κ3) is 5.82. The molecule has 1 fully saturated rings. The van der Waals surface area contributed by atoms with E-state index in [1.165, 1.54) is 6.07 Å². The molecule has 0 aliphatic carbocycles. The standard InChI is InChI=1S/C21H22Cl2FNO4/c1-27-19-11-14(20-12-25(9-10-28-20)8-7-21(23)26)5-6-18(19)29-13-15-16(22)3-2-4-17(15)24/h2-6,11,20H,7-10,12-13H2,1H3. The van der Waals surface area contributed by atoms with E-state index in [0.717, 1.165) is 12.1 Å². The number of hydrogen-bond donors (Lipinski definition) is 0. The smallest absolute Gasteiger partial charge is 0.222 e. The van der Waals surface area contributed by atoms with Gasteiger partial charge in [0.15, 0.2) is 11.5 Å². The van der Waals surface area contributed by atoms with Crippen LogP contribution in [0, 0.1) is 5.82 Å². The van der Waals surface area contributed by atoms with Crippen molar-refractivity contribution in [3.63, 3.8) is 0 Å². The van der Waals surface area contributed by atoms with Gasteiger partial charge in [0.1, 0.15) is 12.4 Å². The minimum absolute atomic E-state index is 0.0125. The van der Waals surface area contributed by atoms with Gasteiger partial charge in [-0.3, -0.25) is 9.69 Å². The largest absolute Gasteiger partial charge is 0.493 e. The Hall–Kier alpha value is -1.86. The summed E-state index contributed by atoms with van der Waals surface area (Å²) in [7, 11) is 1.54. The molecular weight excluding hydrogens is 420 g/mol.